The zero-order valence-corrected chi connectivity index (χ0v) is 29.3. The number of nitrogens with zero attached hydrogens (tertiary/aromatic N) is 3. The van der Waals surface area contributed by atoms with Gasteiger partial charge in [0.2, 0.25) is 5.91 Å². The second kappa shape index (κ2) is 15.7. The summed E-state index contributed by atoms with van der Waals surface area (Å²) in [4.78, 5) is 35.9. The predicted molar refractivity (Wildman–Crippen MR) is 201 cm³/mol. The number of fused-ring (bicyclic) bond motifs is 4. The van der Waals surface area contributed by atoms with E-state index in [0.717, 1.165) is 66.5 Å². The summed E-state index contributed by atoms with van der Waals surface area (Å²) in [5.74, 6) is 0.247. The molecule has 0 saturated heterocycles. The number of aromatic nitrogens is 2. The van der Waals surface area contributed by atoms with Crippen molar-refractivity contribution in [1.29, 1.82) is 0 Å². The standard InChI is InChI=1S/C38H37Cl2N5O5/c1-49-25-7-11-31-29(21-25)37(27-9-5-23(39)19-33(27)43-31)41-15-3-17-45(35(46)13-14-36(47)48)18-4-16-42-38-28-10-6-24(40)20-34(28)44-32-12-8-26(50-2)22-30(32)38/h5-12,19-22H,3-4,13-18H2,1-2H3,(H,41,43)(H,42,44)(H,47,48). The van der Waals surface area contributed by atoms with Gasteiger partial charge in [0.15, 0.2) is 0 Å². The molecule has 0 radical (unpaired) electrons. The highest BCUT2D eigenvalue weighted by Gasteiger charge is 2.17. The number of aliphatic carboxylic acids is 1. The largest absolute Gasteiger partial charge is 0.497 e. The number of carboxylic acid groups (broad SMARTS) is 1. The lowest BCUT2D eigenvalue weighted by molar-refractivity contribution is -0.140. The Morgan fingerprint density at radius 3 is 1.58 bits per heavy atom. The molecule has 0 bridgehead atoms. The van der Waals surface area contributed by atoms with Crippen molar-refractivity contribution in [2.75, 3.05) is 51.0 Å². The lowest BCUT2D eigenvalue weighted by Crippen LogP contribution is -2.34. The van der Waals surface area contributed by atoms with E-state index in [0.29, 0.717) is 49.1 Å². The number of hydrogen-bond donors (Lipinski definition) is 3. The van der Waals surface area contributed by atoms with Crippen LogP contribution in [0.2, 0.25) is 10.0 Å². The molecular weight excluding hydrogens is 677 g/mol. The third-order valence-electron chi connectivity index (χ3n) is 8.60. The van der Waals surface area contributed by atoms with Gasteiger partial charge in [-0.25, -0.2) is 9.97 Å². The Kier molecular flexibility index (Phi) is 10.9. The predicted octanol–water partition coefficient (Wildman–Crippen LogP) is 8.41. The van der Waals surface area contributed by atoms with Crippen molar-refractivity contribution in [2.45, 2.75) is 25.7 Å². The molecular formula is C38H37Cl2N5O5. The number of ether oxygens (including phenoxy) is 2. The van der Waals surface area contributed by atoms with E-state index >= 15 is 0 Å². The molecule has 4 aromatic carbocycles. The third-order valence-corrected chi connectivity index (χ3v) is 9.07. The first-order chi connectivity index (χ1) is 24.2. The summed E-state index contributed by atoms with van der Waals surface area (Å²) in [6, 6.07) is 22.7. The number of hydrogen-bond acceptors (Lipinski definition) is 8. The highest BCUT2D eigenvalue weighted by Crippen LogP contribution is 2.35. The summed E-state index contributed by atoms with van der Waals surface area (Å²) < 4.78 is 11.0. The molecule has 0 aliphatic heterocycles. The lowest BCUT2D eigenvalue weighted by Gasteiger charge is -2.23. The van der Waals surface area contributed by atoms with Crippen molar-refractivity contribution in [2.24, 2.45) is 0 Å². The van der Waals surface area contributed by atoms with Crippen LogP contribution in [0.3, 0.4) is 0 Å². The molecule has 6 rings (SSSR count). The smallest absolute Gasteiger partial charge is 0.303 e. The zero-order chi connectivity index (χ0) is 35.2. The fraction of sp³-hybridized carbons (Fsp3) is 0.263. The number of anilines is 2. The van der Waals surface area contributed by atoms with Crippen molar-refractivity contribution in [3.05, 3.63) is 82.8 Å². The van der Waals surface area contributed by atoms with E-state index in [2.05, 4.69) is 10.6 Å². The molecule has 258 valence electrons. The Morgan fingerprint density at radius 1 is 0.660 bits per heavy atom. The molecule has 1 amide bonds. The molecule has 0 spiro atoms. The average molecular weight is 715 g/mol. The molecule has 2 heterocycles. The molecule has 0 atom stereocenters. The van der Waals surface area contributed by atoms with Crippen molar-refractivity contribution >= 4 is 90.1 Å². The van der Waals surface area contributed by atoms with Gasteiger partial charge in [0.1, 0.15) is 11.5 Å². The Bertz CT molecular complexity index is 2070. The third kappa shape index (κ3) is 7.87. The van der Waals surface area contributed by atoms with Gasteiger partial charge >= 0.3 is 5.97 Å². The summed E-state index contributed by atoms with van der Waals surface area (Å²) in [7, 11) is 3.26. The lowest BCUT2D eigenvalue weighted by atomic mass is 10.1. The second-order valence-electron chi connectivity index (χ2n) is 11.9. The maximum Gasteiger partial charge on any atom is 0.303 e. The van der Waals surface area contributed by atoms with Crippen LogP contribution in [-0.4, -0.2) is 72.2 Å². The minimum absolute atomic E-state index is 0.0590. The van der Waals surface area contributed by atoms with Gasteiger partial charge < -0.3 is 30.1 Å². The number of benzene rings is 4. The van der Waals surface area contributed by atoms with E-state index in [9.17, 15) is 14.7 Å². The van der Waals surface area contributed by atoms with E-state index in [1.54, 1.807) is 19.1 Å². The van der Waals surface area contributed by atoms with Gasteiger partial charge in [-0.15, -0.1) is 0 Å². The number of nitrogens with one attached hydrogen (secondary N) is 2. The molecule has 0 unspecified atom stereocenters. The van der Waals surface area contributed by atoms with Crippen LogP contribution in [0.1, 0.15) is 25.7 Å². The molecule has 3 N–H and O–H groups in total. The fourth-order valence-corrected chi connectivity index (χ4v) is 6.46. The fourth-order valence-electron chi connectivity index (χ4n) is 6.13. The normalized spacial score (nSPS) is 11.3. The molecule has 0 fully saturated rings. The Hall–Kier alpha value is -5.06. The van der Waals surface area contributed by atoms with Gasteiger partial charge in [-0.1, -0.05) is 23.2 Å². The SMILES string of the molecule is COc1ccc2nc3cc(Cl)ccc3c(NCCCN(CCCNc3c4ccc(Cl)cc4nc4ccc(OC)cc34)C(=O)CCC(=O)O)c2c1. The highest BCUT2D eigenvalue weighted by molar-refractivity contribution is 6.32. The molecule has 0 aliphatic carbocycles. The number of carbonyl (C=O) groups excluding carboxylic acids is 1. The minimum atomic E-state index is -0.999. The van der Waals surface area contributed by atoms with Crippen LogP contribution in [-0.2, 0) is 9.59 Å². The summed E-state index contributed by atoms with van der Waals surface area (Å²) in [5, 5.41) is 21.3. The number of pyridine rings is 2. The second-order valence-corrected chi connectivity index (χ2v) is 12.8. The number of carboxylic acids is 1. The maximum atomic E-state index is 13.2. The van der Waals surface area contributed by atoms with Crippen LogP contribution in [0, 0.1) is 0 Å². The van der Waals surface area contributed by atoms with Crippen LogP contribution in [0.25, 0.3) is 43.6 Å². The van der Waals surface area contributed by atoms with Crippen molar-refractivity contribution in [3.63, 3.8) is 0 Å². The van der Waals surface area contributed by atoms with Gasteiger partial charge in [0.25, 0.3) is 0 Å². The first kappa shape index (κ1) is 34.8. The first-order valence-corrected chi connectivity index (χ1v) is 17.1. The summed E-state index contributed by atoms with van der Waals surface area (Å²) in [5.41, 5.74) is 4.96. The Labute approximate surface area is 299 Å². The molecule has 50 heavy (non-hydrogen) atoms. The van der Waals surface area contributed by atoms with E-state index in [1.807, 2.05) is 72.8 Å². The number of methoxy groups -OCH3 is 2. The van der Waals surface area contributed by atoms with Gasteiger partial charge in [0.05, 0.1) is 54.1 Å². The average Bonchev–Trinajstić information content (AvgIpc) is 3.11. The molecule has 10 nitrogen and oxygen atoms in total. The van der Waals surface area contributed by atoms with Crippen molar-refractivity contribution in [3.8, 4) is 11.5 Å². The van der Waals surface area contributed by atoms with Gasteiger partial charge in [-0.3, -0.25) is 9.59 Å². The topological polar surface area (TPSA) is 126 Å². The van der Waals surface area contributed by atoms with Crippen molar-refractivity contribution < 1.29 is 24.2 Å². The number of carbonyl (C=O) groups is 2. The minimum Gasteiger partial charge on any atom is -0.497 e. The van der Waals surface area contributed by atoms with E-state index in [4.69, 9.17) is 42.6 Å². The number of rotatable bonds is 15. The van der Waals surface area contributed by atoms with Crippen LogP contribution >= 0.6 is 23.2 Å². The highest BCUT2D eigenvalue weighted by atomic mass is 35.5. The van der Waals surface area contributed by atoms with Crippen LogP contribution < -0.4 is 20.1 Å². The summed E-state index contributed by atoms with van der Waals surface area (Å²) in [6.45, 7) is 2.04. The summed E-state index contributed by atoms with van der Waals surface area (Å²) in [6.07, 6.45) is 0.992. The van der Waals surface area contributed by atoms with Gasteiger partial charge in [-0.2, -0.15) is 0 Å². The van der Waals surface area contributed by atoms with Gasteiger partial charge in [0, 0.05) is 64.2 Å². The quantitative estimate of drug-likeness (QED) is 0.0710. The molecule has 0 aliphatic rings. The van der Waals surface area contributed by atoms with E-state index < -0.39 is 5.97 Å². The monoisotopic (exact) mass is 713 g/mol. The molecule has 6 aromatic rings. The maximum absolute atomic E-state index is 13.2. The number of amides is 1. The Morgan fingerprint density at radius 2 is 1.14 bits per heavy atom. The first-order valence-electron chi connectivity index (χ1n) is 16.4. The zero-order valence-electron chi connectivity index (χ0n) is 27.8. The van der Waals surface area contributed by atoms with E-state index in [-0.39, 0.29) is 18.7 Å². The van der Waals surface area contributed by atoms with Gasteiger partial charge in [-0.05, 0) is 85.6 Å². The van der Waals surface area contributed by atoms with Crippen LogP contribution in [0.5, 0.6) is 11.5 Å². The summed E-state index contributed by atoms with van der Waals surface area (Å²) >= 11 is 12.6. The molecule has 2 aromatic heterocycles. The van der Waals surface area contributed by atoms with Crippen molar-refractivity contribution in [1.82, 2.24) is 14.9 Å². The molecule has 0 saturated carbocycles. The Balaban J connectivity index is 1.16. The van der Waals surface area contributed by atoms with E-state index in [1.165, 1.54) is 0 Å². The van der Waals surface area contributed by atoms with Crippen LogP contribution in [0.4, 0.5) is 11.4 Å². The number of halogens is 2. The van der Waals surface area contributed by atoms with Crippen LogP contribution in [0.15, 0.2) is 72.8 Å². The molecule has 12 heteroatoms.